The molecule has 0 bridgehead atoms. The van der Waals surface area contributed by atoms with Crippen molar-refractivity contribution in [1.82, 2.24) is 10.6 Å². The van der Waals surface area contributed by atoms with Gasteiger partial charge in [-0.2, -0.15) is 0 Å². The zero-order valence-corrected chi connectivity index (χ0v) is 12.4. The van der Waals surface area contributed by atoms with Crippen LogP contribution in [0.5, 0.6) is 0 Å². The van der Waals surface area contributed by atoms with Crippen LogP contribution in [0.1, 0.15) is 58.3 Å². The van der Waals surface area contributed by atoms with Crippen molar-refractivity contribution in [2.75, 3.05) is 19.6 Å². The Kier molecular flexibility index (Phi) is 6.15. The number of piperidine rings is 1. The Labute approximate surface area is 117 Å². The van der Waals surface area contributed by atoms with Crippen molar-refractivity contribution in [2.24, 2.45) is 17.8 Å². The molecule has 1 saturated heterocycles. The molecule has 2 aliphatic rings. The van der Waals surface area contributed by atoms with E-state index in [0.29, 0.717) is 5.92 Å². The summed E-state index contributed by atoms with van der Waals surface area (Å²) in [4.78, 5) is 11.9. The first-order chi connectivity index (χ1) is 9.24. The third kappa shape index (κ3) is 5.52. The molecule has 19 heavy (non-hydrogen) atoms. The second-order valence-electron chi connectivity index (χ2n) is 6.69. The number of hydrogen-bond donors (Lipinski definition) is 2. The summed E-state index contributed by atoms with van der Waals surface area (Å²) in [6.07, 6.45) is 9.68. The van der Waals surface area contributed by atoms with Gasteiger partial charge in [0, 0.05) is 13.0 Å². The van der Waals surface area contributed by atoms with Gasteiger partial charge in [0.1, 0.15) is 0 Å². The Morgan fingerprint density at radius 3 is 2.79 bits per heavy atom. The molecule has 1 amide bonds. The summed E-state index contributed by atoms with van der Waals surface area (Å²) < 4.78 is 0. The topological polar surface area (TPSA) is 41.1 Å². The first-order valence-electron chi connectivity index (χ1n) is 8.21. The number of nitrogens with one attached hydrogen (secondary N) is 2. The van der Waals surface area contributed by atoms with Crippen LogP contribution in [0.3, 0.4) is 0 Å². The summed E-state index contributed by atoms with van der Waals surface area (Å²) in [7, 11) is 0. The highest BCUT2D eigenvalue weighted by Crippen LogP contribution is 2.30. The highest BCUT2D eigenvalue weighted by atomic mass is 16.1. The van der Waals surface area contributed by atoms with Crippen LogP contribution in [0.15, 0.2) is 0 Å². The second-order valence-corrected chi connectivity index (χ2v) is 6.69. The SMILES string of the molecule is CC1CCCC(CC(=O)NCCC2CCCNC2)C1. The molecule has 2 N–H and O–H groups in total. The van der Waals surface area contributed by atoms with Gasteiger partial charge in [-0.05, 0) is 62.9 Å². The number of amides is 1. The number of carbonyl (C=O) groups is 1. The zero-order chi connectivity index (χ0) is 13.5. The van der Waals surface area contributed by atoms with E-state index in [1.165, 1.54) is 45.1 Å². The van der Waals surface area contributed by atoms with Crippen LogP contribution in [0.4, 0.5) is 0 Å². The Balaban J connectivity index is 1.56. The van der Waals surface area contributed by atoms with Crippen LogP contribution >= 0.6 is 0 Å². The smallest absolute Gasteiger partial charge is 0.220 e. The van der Waals surface area contributed by atoms with Crippen molar-refractivity contribution in [3.8, 4) is 0 Å². The van der Waals surface area contributed by atoms with Gasteiger partial charge in [-0.1, -0.05) is 19.8 Å². The van der Waals surface area contributed by atoms with Crippen LogP contribution in [0, 0.1) is 17.8 Å². The van der Waals surface area contributed by atoms with Crippen LogP contribution < -0.4 is 10.6 Å². The normalized spacial score (nSPS) is 31.9. The minimum Gasteiger partial charge on any atom is -0.356 e. The molecule has 2 fully saturated rings. The van der Waals surface area contributed by atoms with E-state index in [0.717, 1.165) is 37.8 Å². The fourth-order valence-electron chi connectivity index (χ4n) is 3.67. The van der Waals surface area contributed by atoms with Crippen LogP contribution in [-0.2, 0) is 4.79 Å². The molecule has 1 heterocycles. The largest absolute Gasteiger partial charge is 0.356 e. The van der Waals surface area contributed by atoms with E-state index in [-0.39, 0.29) is 5.91 Å². The van der Waals surface area contributed by atoms with Gasteiger partial charge in [-0.25, -0.2) is 0 Å². The molecular weight excluding hydrogens is 236 g/mol. The highest BCUT2D eigenvalue weighted by molar-refractivity contribution is 5.76. The van der Waals surface area contributed by atoms with Gasteiger partial charge in [0.15, 0.2) is 0 Å². The summed E-state index contributed by atoms with van der Waals surface area (Å²) in [5.41, 5.74) is 0. The second kappa shape index (κ2) is 7.88. The first kappa shape index (κ1) is 14.8. The monoisotopic (exact) mass is 266 g/mol. The van der Waals surface area contributed by atoms with Crippen molar-refractivity contribution in [2.45, 2.75) is 58.3 Å². The quantitative estimate of drug-likeness (QED) is 0.803. The van der Waals surface area contributed by atoms with Crippen LogP contribution in [0.2, 0.25) is 0 Å². The number of carbonyl (C=O) groups excluding carboxylic acids is 1. The van der Waals surface area contributed by atoms with Gasteiger partial charge >= 0.3 is 0 Å². The molecule has 110 valence electrons. The van der Waals surface area contributed by atoms with Gasteiger partial charge in [-0.3, -0.25) is 4.79 Å². The lowest BCUT2D eigenvalue weighted by molar-refractivity contribution is -0.122. The van der Waals surface area contributed by atoms with Crippen LogP contribution in [-0.4, -0.2) is 25.5 Å². The molecule has 3 nitrogen and oxygen atoms in total. The van der Waals surface area contributed by atoms with Gasteiger partial charge in [0.05, 0.1) is 0 Å². The van der Waals surface area contributed by atoms with Crippen molar-refractivity contribution < 1.29 is 4.79 Å². The lowest BCUT2D eigenvalue weighted by Crippen LogP contribution is -2.33. The fraction of sp³-hybridized carbons (Fsp3) is 0.938. The molecule has 0 aromatic carbocycles. The molecule has 1 aliphatic carbocycles. The molecule has 2 rings (SSSR count). The molecule has 0 spiro atoms. The van der Waals surface area contributed by atoms with Gasteiger partial charge in [0.25, 0.3) is 0 Å². The first-order valence-corrected chi connectivity index (χ1v) is 8.21. The maximum Gasteiger partial charge on any atom is 0.220 e. The zero-order valence-electron chi connectivity index (χ0n) is 12.4. The van der Waals surface area contributed by atoms with Gasteiger partial charge < -0.3 is 10.6 Å². The van der Waals surface area contributed by atoms with Gasteiger partial charge in [-0.15, -0.1) is 0 Å². The van der Waals surface area contributed by atoms with E-state index in [1.54, 1.807) is 0 Å². The van der Waals surface area contributed by atoms with E-state index in [1.807, 2.05) is 0 Å². The van der Waals surface area contributed by atoms with E-state index in [2.05, 4.69) is 17.6 Å². The third-order valence-electron chi connectivity index (χ3n) is 4.79. The number of hydrogen-bond acceptors (Lipinski definition) is 2. The van der Waals surface area contributed by atoms with Crippen molar-refractivity contribution in [1.29, 1.82) is 0 Å². The summed E-state index contributed by atoms with van der Waals surface area (Å²) in [5, 5.41) is 6.56. The predicted molar refractivity (Wildman–Crippen MR) is 79.0 cm³/mol. The highest BCUT2D eigenvalue weighted by Gasteiger charge is 2.21. The summed E-state index contributed by atoms with van der Waals surface area (Å²) >= 11 is 0. The average Bonchev–Trinajstić information content (AvgIpc) is 2.40. The van der Waals surface area contributed by atoms with Crippen LogP contribution in [0.25, 0.3) is 0 Å². The molecule has 3 heteroatoms. The van der Waals surface area contributed by atoms with E-state index in [4.69, 9.17) is 0 Å². The van der Waals surface area contributed by atoms with Crippen molar-refractivity contribution in [3.05, 3.63) is 0 Å². The number of rotatable bonds is 5. The standard InChI is InChI=1S/C16H30N2O/c1-13-4-2-5-15(10-13)11-16(19)18-9-7-14-6-3-8-17-12-14/h13-15,17H,2-12H2,1H3,(H,18,19). The Morgan fingerprint density at radius 2 is 2.05 bits per heavy atom. The lowest BCUT2D eigenvalue weighted by atomic mass is 9.81. The van der Waals surface area contributed by atoms with Gasteiger partial charge in [0.2, 0.25) is 5.91 Å². The molecule has 0 radical (unpaired) electrons. The summed E-state index contributed by atoms with van der Waals surface area (Å²) in [6.45, 7) is 5.49. The summed E-state index contributed by atoms with van der Waals surface area (Å²) in [6, 6.07) is 0. The van der Waals surface area contributed by atoms with E-state index in [9.17, 15) is 4.79 Å². The Hall–Kier alpha value is -0.570. The molecule has 1 aliphatic heterocycles. The minimum atomic E-state index is 0.280. The molecule has 1 saturated carbocycles. The maximum atomic E-state index is 11.9. The molecular formula is C16H30N2O. The Bertz CT molecular complexity index is 274. The molecule has 3 atom stereocenters. The molecule has 0 aromatic heterocycles. The molecule has 3 unspecified atom stereocenters. The lowest BCUT2D eigenvalue weighted by Gasteiger charge is -2.26. The summed E-state index contributed by atoms with van der Waals surface area (Å²) in [5.74, 6) is 2.51. The van der Waals surface area contributed by atoms with Crippen molar-refractivity contribution >= 4 is 5.91 Å². The van der Waals surface area contributed by atoms with E-state index >= 15 is 0 Å². The average molecular weight is 266 g/mol. The predicted octanol–water partition coefficient (Wildman–Crippen LogP) is 2.71. The molecule has 0 aromatic rings. The maximum absolute atomic E-state index is 11.9. The minimum absolute atomic E-state index is 0.280. The fourth-order valence-corrected chi connectivity index (χ4v) is 3.67. The van der Waals surface area contributed by atoms with Crippen molar-refractivity contribution in [3.63, 3.8) is 0 Å². The Morgan fingerprint density at radius 1 is 1.21 bits per heavy atom. The van der Waals surface area contributed by atoms with E-state index < -0.39 is 0 Å². The third-order valence-corrected chi connectivity index (χ3v) is 4.79.